The van der Waals surface area contributed by atoms with Gasteiger partial charge in [0.2, 0.25) is 0 Å². The maximum atomic E-state index is 6.14. The van der Waals surface area contributed by atoms with Crippen molar-refractivity contribution >= 4 is 24.0 Å². The largest absolute Gasteiger partial charge is 0.324 e. The zero-order chi connectivity index (χ0) is 11.4. The van der Waals surface area contributed by atoms with Gasteiger partial charge in [-0.3, -0.25) is 0 Å². The van der Waals surface area contributed by atoms with E-state index in [1.165, 1.54) is 0 Å². The van der Waals surface area contributed by atoms with Crippen molar-refractivity contribution < 1.29 is 0 Å². The number of halogens is 2. The van der Waals surface area contributed by atoms with Crippen LogP contribution in [0.2, 0.25) is 5.02 Å². The Hall–Kier alpha value is -1.02. The van der Waals surface area contributed by atoms with Crippen molar-refractivity contribution in [3.63, 3.8) is 0 Å². The molecule has 0 saturated heterocycles. The predicted octanol–water partition coefficient (Wildman–Crippen LogP) is 4.00. The number of rotatable bonds is 3. The van der Waals surface area contributed by atoms with Crippen LogP contribution in [0.4, 0.5) is 0 Å². The molecule has 0 aromatic heterocycles. The van der Waals surface area contributed by atoms with E-state index in [-0.39, 0.29) is 18.4 Å². The molecule has 1 atom stereocenters. The average molecular weight is 268 g/mol. The lowest BCUT2D eigenvalue weighted by Crippen LogP contribution is -2.13. The second kappa shape index (κ2) is 6.65. The van der Waals surface area contributed by atoms with E-state index >= 15 is 0 Å². The highest BCUT2D eigenvalue weighted by atomic mass is 35.5. The van der Waals surface area contributed by atoms with Crippen molar-refractivity contribution in [3.8, 4) is 0 Å². The molecule has 0 fully saturated rings. The van der Waals surface area contributed by atoms with Crippen LogP contribution in [0.1, 0.15) is 17.2 Å². The van der Waals surface area contributed by atoms with E-state index in [1.54, 1.807) is 0 Å². The van der Waals surface area contributed by atoms with Gasteiger partial charge in [-0.25, -0.2) is 0 Å². The lowest BCUT2D eigenvalue weighted by atomic mass is 10.00. The Morgan fingerprint density at radius 3 is 2.18 bits per heavy atom. The molecule has 2 N–H and O–H groups in total. The average Bonchev–Trinajstić information content (AvgIpc) is 2.33. The first kappa shape index (κ1) is 14.0. The van der Waals surface area contributed by atoms with Crippen LogP contribution < -0.4 is 5.73 Å². The highest BCUT2D eigenvalue weighted by Crippen LogP contribution is 2.21. The summed E-state index contributed by atoms with van der Waals surface area (Å²) in [5.41, 5.74) is 8.38. The first-order chi connectivity index (χ1) is 7.77. The lowest BCUT2D eigenvalue weighted by molar-refractivity contribution is 0.722. The molecule has 0 aliphatic heterocycles. The van der Waals surface area contributed by atoms with Crippen LogP contribution in [-0.4, -0.2) is 0 Å². The van der Waals surface area contributed by atoms with E-state index in [9.17, 15) is 0 Å². The van der Waals surface area contributed by atoms with Gasteiger partial charge in [0.1, 0.15) is 0 Å². The predicted molar refractivity (Wildman–Crippen MR) is 75.8 cm³/mol. The monoisotopic (exact) mass is 267 g/mol. The van der Waals surface area contributed by atoms with E-state index in [0.717, 1.165) is 22.6 Å². The van der Waals surface area contributed by atoms with Crippen LogP contribution in [0.15, 0.2) is 54.6 Å². The summed E-state index contributed by atoms with van der Waals surface area (Å²) in [4.78, 5) is 0. The summed E-state index contributed by atoms with van der Waals surface area (Å²) in [6.45, 7) is 0. The van der Waals surface area contributed by atoms with Crippen LogP contribution in [0, 0.1) is 0 Å². The van der Waals surface area contributed by atoms with Crippen molar-refractivity contribution in [2.24, 2.45) is 5.73 Å². The van der Waals surface area contributed by atoms with Gasteiger partial charge in [-0.1, -0.05) is 60.1 Å². The van der Waals surface area contributed by atoms with E-state index in [2.05, 4.69) is 0 Å². The Morgan fingerprint density at radius 1 is 0.941 bits per heavy atom. The molecule has 0 amide bonds. The Morgan fingerprint density at radius 2 is 1.53 bits per heavy atom. The molecule has 0 aliphatic carbocycles. The van der Waals surface area contributed by atoms with E-state index in [0.29, 0.717) is 0 Å². The van der Waals surface area contributed by atoms with Gasteiger partial charge in [-0.2, -0.15) is 0 Å². The van der Waals surface area contributed by atoms with Gasteiger partial charge < -0.3 is 5.73 Å². The second-order valence-electron chi connectivity index (χ2n) is 3.81. The van der Waals surface area contributed by atoms with Crippen LogP contribution in [0.5, 0.6) is 0 Å². The van der Waals surface area contributed by atoms with Crippen LogP contribution in [0.3, 0.4) is 0 Å². The highest BCUT2D eigenvalue weighted by Gasteiger charge is 2.08. The molecule has 2 aromatic rings. The van der Waals surface area contributed by atoms with Gasteiger partial charge in [0.15, 0.2) is 0 Å². The van der Waals surface area contributed by atoms with Crippen molar-refractivity contribution in [2.75, 3.05) is 0 Å². The number of benzene rings is 2. The summed E-state index contributed by atoms with van der Waals surface area (Å²) in [5.74, 6) is 0. The Balaban J connectivity index is 0.00000144. The molecule has 0 radical (unpaired) electrons. The van der Waals surface area contributed by atoms with Gasteiger partial charge in [-0.05, 0) is 23.6 Å². The summed E-state index contributed by atoms with van der Waals surface area (Å²) < 4.78 is 0. The highest BCUT2D eigenvalue weighted by molar-refractivity contribution is 6.31. The SMILES string of the molecule is Cl.NC(Cc1ccccc1Cl)c1ccccc1. The molecular weight excluding hydrogens is 253 g/mol. The maximum Gasteiger partial charge on any atom is 0.0438 e. The van der Waals surface area contributed by atoms with Gasteiger partial charge in [-0.15, -0.1) is 12.4 Å². The molecular formula is C14H15Cl2N. The van der Waals surface area contributed by atoms with E-state index in [4.69, 9.17) is 17.3 Å². The minimum absolute atomic E-state index is 0. The Kier molecular flexibility index (Phi) is 5.49. The first-order valence-corrected chi connectivity index (χ1v) is 5.69. The topological polar surface area (TPSA) is 26.0 Å². The first-order valence-electron chi connectivity index (χ1n) is 5.31. The smallest absolute Gasteiger partial charge is 0.0438 e. The molecule has 3 heteroatoms. The Labute approximate surface area is 113 Å². The number of nitrogens with two attached hydrogens (primary N) is 1. The van der Waals surface area contributed by atoms with Crippen molar-refractivity contribution in [2.45, 2.75) is 12.5 Å². The molecule has 90 valence electrons. The van der Waals surface area contributed by atoms with Gasteiger partial charge >= 0.3 is 0 Å². The minimum Gasteiger partial charge on any atom is -0.324 e. The summed E-state index contributed by atoms with van der Waals surface area (Å²) in [5, 5.41) is 0.786. The Bertz CT molecular complexity index is 457. The van der Waals surface area contributed by atoms with Gasteiger partial charge in [0.25, 0.3) is 0 Å². The van der Waals surface area contributed by atoms with Crippen LogP contribution in [-0.2, 0) is 6.42 Å². The van der Waals surface area contributed by atoms with Gasteiger partial charge in [0, 0.05) is 11.1 Å². The van der Waals surface area contributed by atoms with E-state index < -0.39 is 0 Å². The normalized spacial score (nSPS) is 11.6. The molecule has 1 nitrogen and oxygen atoms in total. The molecule has 0 heterocycles. The molecule has 2 rings (SSSR count). The van der Waals surface area contributed by atoms with Crippen LogP contribution >= 0.6 is 24.0 Å². The number of hydrogen-bond acceptors (Lipinski definition) is 1. The summed E-state index contributed by atoms with van der Waals surface area (Å²) in [6.07, 6.45) is 0.768. The second-order valence-corrected chi connectivity index (χ2v) is 4.22. The molecule has 0 aliphatic rings. The minimum atomic E-state index is 0. The standard InChI is InChI=1S/C14H14ClN.ClH/c15-13-9-5-4-8-12(13)10-14(16)11-6-2-1-3-7-11;/h1-9,14H,10,16H2;1H. The van der Waals surface area contributed by atoms with Crippen molar-refractivity contribution in [1.29, 1.82) is 0 Å². The molecule has 0 spiro atoms. The quantitative estimate of drug-likeness (QED) is 0.894. The fourth-order valence-corrected chi connectivity index (χ4v) is 1.93. The molecule has 0 saturated carbocycles. The third kappa shape index (κ3) is 3.74. The summed E-state index contributed by atoms with van der Waals surface area (Å²) in [6, 6.07) is 17.9. The fraction of sp³-hybridized carbons (Fsp3) is 0.143. The molecule has 17 heavy (non-hydrogen) atoms. The fourth-order valence-electron chi connectivity index (χ4n) is 1.72. The third-order valence-corrected chi connectivity index (χ3v) is 2.99. The number of hydrogen-bond donors (Lipinski definition) is 1. The molecule has 2 aromatic carbocycles. The zero-order valence-corrected chi connectivity index (χ0v) is 10.9. The molecule has 0 bridgehead atoms. The molecule has 1 unspecified atom stereocenters. The van der Waals surface area contributed by atoms with Gasteiger partial charge in [0.05, 0.1) is 0 Å². The maximum absolute atomic E-state index is 6.14. The van der Waals surface area contributed by atoms with Crippen molar-refractivity contribution in [1.82, 2.24) is 0 Å². The van der Waals surface area contributed by atoms with E-state index in [1.807, 2.05) is 54.6 Å². The van der Waals surface area contributed by atoms with Crippen molar-refractivity contribution in [3.05, 3.63) is 70.7 Å². The zero-order valence-electron chi connectivity index (χ0n) is 9.34. The summed E-state index contributed by atoms with van der Waals surface area (Å²) >= 11 is 6.10. The third-order valence-electron chi connectivity index (χ3n) is 2.63. The van der Waals surface area contributed by atoms with Crippen LogP contribution in [0.25, 0.3) is 0 Å². The lowest BCUT2D eigenvalue weighted by Gasteiger charge is -2.12. The summed E-state index contributed by atoms with van der Waals surface area (Å²) in [7, 11) is 0.